The molecule has 0 amide bonds. The minimum Gasteiger partial charge on any atom is -0.435 e. The van der Waals surface area contributed by atoms with Crippen LogP contribution in [0.5, 0.6) is 0 Å². The summed E-state index contributed by atoms with van der Waals surface area (Å²) in [5, 5.41) is 28.8. The van der Waals surface area contributed by atoms with Crippen LogP contribution in [0, 0.1) is 0 Å². The standard InChI is InChI=1S/C30H34ClN7O9/c1-4-6-11-24-32-27(31)26(29(40)46-19(3)47-30(41)44-5-2)36(24)18-20-12-14-21(15-13-20)22-9-7-8-10-23(22)28-33-35-37(34-28)25(39)16-17-45-38(42)43/h7-10,12-15,19,42-43H,4-6,11,16-18H2,1-3H3. The van der Waals surface area contributed by atoms with Crippen molar-refractivity contribution in [2.75, 3.05) is 13.2 Å². The first-order valence-electron chi connectivity index (χ1n) is 14.7. The number of hydrogen-bond donors (Lipinski definition) is 2. The third-order valence-corrected chi connectivity index (χ3v) is 6.95. The Labute approximate surface area is 274 Å². The summed E-state index contributed by atoms with van der Waals surface area (Å²) in [6.07, 6.45) is -0.105. The van der Waals surface area contributed by atoms with Gasteiger partial charge in [-0.25, -0.2) is 14.6 Å². The van der Waals surface area contributed by atoms with Crippen LogP contribution in [0.2, 0.25) is 5.15 Å². The van der Waals surface area contributed by atoms with Crippen LogP contribution >= 0.6 is 11.6 Å². The number of nitrogens with zero attached hydrogens (tertiary/aromatic N) is 7. The number of carbonyl (C=O) groups is 3. The molecule has 16 nitrogen and oxygen atoms in total. The fourth-order valence-electron chi connectivity index (χ4n) is 4.52. The van der Waals surface area contributed by atoms with E-state index in [0.29, 0.717) is 17.8 Å². The van der Waals surface area contributed by atoms with Gasteiger partial charge in [0, 0.05) is 25.5 Å². The normalized spacial score (nSPS) is 11.8. The van der Waals surface area contributed by atoms with Crippen LogP contribution in [0.3, 0.4) is 0 Å². The molecule has 1 atom stereocenters. The topological polar surface area (TPSA) is 193 Å². The molecular weight excluding hydrogens is 638 g/mol. The van der Waals surface area contributed by atoms with Gasteiger partial charge >= 0.3 is 12.1 Å². The third kappa shape index (κ3) is 9.40. The molecular formula is C30H34ClN7O9. The molecule has 2 heterocycles. The van der Waals surface area contributed by atoms with E-state index in [4.69, 9.17) is 36.2 Å². The van der Waals surface area contributed by atoms with Gasteiger partial charge in [0.25, 0.3) is 5.91 Å². The number of benzene rings is 2. The van der Waals surface area contributed by atoms with Crippen LogP contribution in [0.1, 0.15) is 66.7 Å². The monoisotopic (exact) mass is 671 g/mol. The van der Waals surface area contributed by atoms with Crippen LogP contribution in [-0.4, -0.2) is 83.1 Å². The predicted molar refractivity (Wildman–Crippen MR) is 163 cm³/mol. The van der Waals surface area contributed by atoms with Gasteiger partial charge in [-0.1, -0.05) is 78.3 Å². The Morgan fingerprint density at radius 1 is 1.02 bits per heavy atom. The van der Waals surface area contributed by atoms with Crippen molar-refractivity contribution >= 4 is 29.6 Å². The number of halogens is 1. The lowest BCUT2D eigenvalue weighted by Crippen LogP contribution is -2.24. The number of tetrazole rings is 1. The smallest absolute Gasteiger partial charge is 0.435 e. The van der Waals surface area contributed by atoms with Crippen molar-refractivity contribution in [3.63, 3.8) is 0 Å². The second-order valence-electron chi connectivity index (χ2n) is 10.0. The van der Waals surface area contributed by atoms with Gasteiger partial charge in [-0.05, 0) is 35.2 Å². The summed E-state index contributed by atoms with van der Waals surface area (Å²) >= 11 is 6.44. The van der Waals surface area contributed by atoms with Gasteiger partial charge in [-0.2, -0.15) is 0 Å². The van der Waals surface area contributed by atoms with Gasteiger partial charge in [0.1, 0.15) is 5.82 Å². The van der Waals surface area contributed by atoms with Crippen molar-refractivity contribution < 1.29 is 43.8 Å². The Kier molecular flexibility index (Phi) is 12.5. The Hall–Kier alpha value is -4.74. The summed E-state index contributed by atoms with van der Waals surface area (Å²) in [4.78, 5) is 46.8. The summed E-state index contributed by atoms with van der Waals surface area (Å²) in [5.41, 5.74) is 3.10. The first kappa shape index (κ1) is 35.1. The van der Waals surface area contributed by atoms with Crippen molar-refractivity contribution in [1.82, 2.24) is 35.1 Å². The van der Waals surface area contributed by atoms with E-state index in [0.717, 1.165) is 34.3 Å². The van der Waals surface area contributed by atoms with Gasteiger partial charge in [-0.15, -0.1) is 10.2 Å². The highest BCUT2D eigenvalue weighted by Gasteiger charge is 2.26. The molecule has 0 bridgehead atoms. The number of hydrogen-bond acceptors (Lipinski definition) is 14. The van der Waals surface area contributed by atoms with E-state index in [1.165, 1.54) is 6.92 Å². The maximum Gasteiger partial charge on any atom is 0.511 e. The highest BCUT2D eigenvalue weighted by molar-refractivity contribution is 6.32. The number of ether oxygens (including phenoxy) is 3. The highest BCUT2D eigenvalue weighted by Crippen LogP contribution is 2.30. The Morgan fingerprint density at radius 2 is 1.74 bits per heavy atom. The molecule has 4 aromatic rings. The largest absolute Gasteiger partial charge is 0.511 e. The van der Waals surface area contributed by atoms with Crippen LogP contribution < -0.4 is 0 Å². The second kappa shape index (κ2) is 16.7. The number of aromatic nitrogens is 6. The maximum absolute atomic E-state index is 13.2. The zero-order chi connectivity index (χ0) is 33.9. The molecule has 0 radical (unpaired) electrons. The van der Waals surface area contributed by atoms with Gasteiger partial charge in [0.05, 0.1) is 25.0 Å². The van der Waals surface area contributed by atoms with Crippen LogP contribution in [0.25, 0.3) is 22.5 Å². The van der Waals surface area contributed by atoms with Gasteiger partial charge < -0.3 is 18.8 Å². The van der Waals surface area contributed by atoms with Crippen molar-refractivity contribution in [3.05, 3.63) is 70.8 Å². The zero-order valence-electron chi connectivity index (χ0n) is 25.9. The van der Waals surface area contributed by atoms with E-state index in [9.17, 15) is 14.4 Å². The highest BCUT2D eigenvalue weighted by atomic mass is 35.5. The summed E-state index contributed by atoms with van der Waals surface area (Å²) in [6, 6.07) is 14.9. The minimum absolute atomic E-state index is 0.0229. The summed E-state index contributed by atoms with van der Waals surface area (Å²) in [5.74, 6) is -0.544. The molecule has 0 aliphatic carbocycles. The SMILES string of the molecule is CCCCc1nc(Cl)c(C(=O)OC(C)OC(=O)OCC)n1Cc1ccc(-c2ccccc2-c2nnn(C(=O)CCON(O)O)n2)cc1. The minimum atomic E-state index is -1.22. The fraction of sp³-hybridized carbons (Fsp3) is 0.367. The summed E-state index contributed by atoms with van der Waals surface area (Å²) in [7, 11) is 0. The van der Waals surface area contributed by atoms with E-state index in [1.807, 2.05) is 43.3 Å². The van der Waals surface area contributed by atoms with Gasteiger partial charge in [0.15, 0.2) is 10.8 Å². The average molecular weight is 672 g/mol. The molecule has 0 spiro atoms. The number of unbranched alkanes of at least 4 members (excludes halogenated alkanes) is 1. The first-order valence-corrected chi connectivity index (χ1v) is 15.1. The maximum atomic E-state index is 13.2. The second-order valence-corrected chi connectivity index (χ2v) is 10.4. The van der Waals surface area contributed by atoms with E-state index in [1.54, 1.807) is 23.6 Å². The number of rotatable bonds is 15. The van der Waals surface area contributed by atoms with Gasteiger partial charge in [0.2, 0.25) is 12.1 Å². The van der Waals surface area contributed by atoms with E-state index >= 15 is 0 Å². The predicted octanol–water partition coefficient (Wildman–Crippen LogP) is 4.97. The fourth-order valence-corrected chi connectivity index (χ4v) is 4.80. The number of carbonyl (C=O) groups excluding carboxylic acids is 3. The van der Waals surface area contributed by atoms with E-state index in [-0.39, 0.29) is 42.9 Å². The molecule has 0 aliphatic rings. The molecule has 2 N–H and O–H groups in total. The number of aryl methyl sites for hydroxylation is 1. The number of imidazole rings is 1. The van der Waals surface area contributed by atoms with Crippen LogP contribution in [-0.2, 0) is 32.0 Å². The molecule has 2 aromatic heterocycles. The van der Waals surface area contributed by atoms with Crippen molar-refractivity contribution in [3.8, 4) is 22.5 Å². The zero-order valence-corrected chi connectivity index (χ0v) is 26.7. The third-order valence-electron chi connectivity index (χ3n) is 6.68. The van der Waals surface area contributed by atoms with E-state index < -0.39 is 29.7 Å². The Balaban J connectivity index is 1.55. The van der Waals surface area contributed by atoms with Crippen LogP contribution in [0.4, 0.5) is 4.79 Å². The van der Waals surface area contributed by atoms with E-state index in [2.05, 4.69) is 25.2 Å². The van der Waals surface area contributed by atoms with Crippen molar-refractivity contribution in [1.29, 1.82) is 0 Å². The van der Waals surface area contributed by atoms with Crippen molar-refractivity contribution in [2.45, 2.75) is 59.3 Å². The van der Waals surface area contributed by atoms with Crippen LogP contribution in [0.15, 0.2) is 48.5 Å². The van der Waals surface area contributed by atoms with Gasteiger partial charge in [-0.3, -0.25) is 20.0 Å². The lowest BCUT2D eigenvalue weighted by atomic mass is 9.98. The molecule has 1 unspecified atom stereocenters. The molecule has 47 heavy (non-hydrogen) atoms. The Morgan fingerprint density at radius 3 is 2.43 bits per heavy atom. The molecule has 2 aromatic carbocycles. The molecule has 0 saturated heterocycles. The first-order chi connectivity index (χ1) is 22.6. The molecule has 0 fully saturated rings. The molecule has 0 saturated carbocycles. The average Bonchev–Trinajstić information content (AvgIpc) is 3.65. The summed E-state index contributed by atoms with van der Waals surface area (Å²) in [6.45, 7) is 5.12. The lowest BCUT2D eigenvalue weighted by molar-refractivity contribution is -0.491. The quantitative estimate of drug-likeness (QED) is 0.0977. The number of esters is 1. The van der Waals surface area contributed by atoms with Crippen molar-refractivity contribution in [2.24, 2.45) is 0 Å². The Bertz CT molecular complexity index is 1670. The molecule has 17 heteroatoms. The molecule has 250 valence electrons. The summed E-state index contributed by atoms with van der Waals surface area (Å²) < 4.78 is 16.7. The molecule has 4 rings (SSSR count). The molecule has 0 aliphatic heterocycles. The lowest BCUT2D eigenvalue weighted by Gasteiger charge is -2.16.